The molecule has 0 fully saturated rings. The molecule has 0 atom stereocenters. The van der Waals surface area contributed by atoms with E-state index in [0.717, 1.165) is 17.0 Å². The predicted octanol–water partition coefficient (Wildman–Crippen LogP) is 3.28. The SMILES string of the molecule is Cc1c(C(N)=O)cc(-c2ccc(F)cc2)n1C(C)C. The maximum Gasteiger partial charge on any atom is 0.250 e. The Morgan fingerprint density at radius 1 is 1.26 bits per heavy atom. The normalized spacial score (nSPS) is 11.0. The van der Waals surface area contributed by atoms with Crippen LogP contribution in [0.25, 0.3) is 11.3 Å². The smallest absolute Gasteiger partial charge is 0.250 e. The number of amides is 1. The number of benzene rings is 1. The molecule has 1 amide bonds. The third-order valence-electron chi connectivity index (χ3n) is 3.21. The van der Waals surface area contributed by atoms with Crippen molar-refractivity contribution in [1.82, 2.24) is 4.57 Å². The van der Waals surface area contributed by atoms with E-state index in [4.69, 9.17) is 5.73 Å². The van der Waals surface area contributed by atoms with Crippen molar-refractivity contribution in [2.24, 2.45) is 5.73 Å². The van der Waals surface area contributed by atoms with Gasteiger partial charge < -0.3 is 10.3 Å². The second-order valence-electron chi connectivity index (χ2n) is 4.86. The summed E-state index contributed by atoms with van der Waals surface area (Å²) in [4.78, 5) is 11.4. The van der Waals surface area contributed by atoms with Gasteiger partial charge in [-0.2, -0.15) is 0 Å². The van der Waals surface area contributed by atoms with Crippen molar-refractivity contribution in [2.45, 2.75) is 26.8 Å². The van der Waals surface area contributed by atoms with Crippen LogP contribution in [0, 0.1) is 12.7 Å². The van der Waals surface area contributed by atoms with Crippen molar-refractivity contribution in [3.05, 3.63) is 47.4 Å². The van der Waals surface area contributed by atoms with Gasteiger partial charge in [0.1, 0.15) is 5.82 Å². The maximum absolute atomic E-state index is 13.0. The lowest BCUT2D eigenvalue weighted by molar-refractivity contribution is 0.0999. The van der Waals surface area contributed by atoms with E-state index < -0.39 is 5.91 Å². The second-order valence-corrected chi connectivity index (χ2v) is 4.86. The zero-order valence-electron chi connectivity index (χ0n) is 11.3. The zero-order valence-corrected chi connectivity index (χ0v) is 11.3. The topological polar surface area (TPSA) is 48.0 Å². The molecule has 0 unspecified atom stereocenters. The molecule has 0 aliphatic carbocycles. The summed E-state index contributed by atoms with van der Waals surface area (Å²) in [7, 11) is 0. The molecule has 1 heterocycles. The van der Waals surface area contributed by atoms with Gasteiger partial charge >= 0.3 is 0 Å². The summed E-state index contributed by atoms with van der Waals surface area (Å²) in [5.74, 6) is -0.724. The standard InChI is InChI=1S/C15H17FN2O/c1-9(2)18-10(3)13(15(17)19)8-14(18)11-4-6-12(16)7-5-11/h4-9H,1-3H3,(H2,17,19). The molecule has 0 saturated heterocycles. The van der Waals surface area contributed by atoms with E-state index in [1.54, 1.807) is 18.2 Å². The van der Waals surface area contributed by atoms with Crippen LogP contribution in [0.15, 0.2) is 30.3 Å². The van der Waals surface area contributed by atoms with Crippen molar-refractivity contribution < 1.29 is 9.18 Å². The quantitative estimate of drug-likeness (QED) is 0.904. The third kappa shape index (κ3) is 2.38. The summed E-state index contributed by atoms with van der Waals surface area (Å²) in [6.07, 6.45) is 0. The first-order valence-corrected chi connectivity index (χ1v) is 6.19. The van der Waals surface area contributed by atoms with Gasteiger partial charge in [0.2, 0.25) is 0 Å². The van der Waals surface area contributed by atoms with E-state index in [0.29, 0.717) is 5.56 Å². The molecule has 1 aromatic heterocycles. The molecule has 0 bridgehead atoms. The lowest BCUT2D eigenvalue weighted by atomic mass is 10.1. The molecule has 4 heteroatoms. The molecule has 2 rings (SSSR count). The van der Waals surface area contributed by atoms with E-state index in [9.17, 15) is 9.18 Å². The maximum atomic E-state index is 13.0. The highest BCUT2D eigenvalue weighted by Gasteiger charge is 2.18. The minimum absolute atomic E-state index is 0.188. The van der Waals surface area contributed by atoms with Crippen LogP contribution in [-0.2, 0) is 0 Å². The highest BCUT2D eigenvalue weighted by molar-refractivity contribution is 5.95. The highest BCUT2D eigenvalue weighted by atomic mass is 19.1. The van der Waals surface area contributed by atoms with Gasteiger partial charge in [-0.3, -0.25) is 4.79 Å². The van der Waals surface area contributed by atoms with Crippen LogP contribution in [0.1, 0.15) is 35.9 Å². The van der Waals surface area contributed by atoms with Crippen LogP contribution in [0.5, 0.6) is 0 Å². The number of nitrogens with two attached hydrogens (primary N) is 1. The number of aromatic nitrogens is 1. The lowest BCUT2D eigenvalue weighted by Crippen LogP contribution is -2.13. The number of primary amides is 1. The van der Waals surface area contributed by atoms with Gasteiger partial charge in [0.25, 0.3) is 5.91 Å². The second kappa shape index (κ2) is 4.88. The Morgan fingerprint density at radius 2 is 1.84 bits per heavy atom. The number of rotatable bonds is 3. The van der Waals surface area contributed by atoms with Gasteiger partial charge in [-0.15, -0.1) is 0 Å². The van der Waals surface area contributed by atoms with Gasteiger partial charge in [-0.25, -0.2) is 4.39 Å². The Morgan fingerprint density at radius 3 is 2.32 bits per heavy atom. The fourth-order valence-corrected chi connectivity index (χ4v) is 2.38. The number of halogens is 1. The number of hydrogen-bond acceptors (Lipinski definition) is 1. The Kier molecular flexibility index (Phi) is 3.42. The van der Waals surface area contributed by atoms with Gasteiger partial charge in [0, 0.05) is 17.4 Å². The number of carbonyl (C=O) groups is 1. The lowest BCUT2D eigenvalue weighted by Gasteiger charge is -2.15. The summed E-state index contributed by atoms with van der Waals surface area (Å²) in [6, 6.07) is 8.18. The van der Waals surface area contributed by atoms with E-state index in [2.05, 4.69) is 0 Å². The summed E-state index contributed by atoms with van der Waals surface area (Å²) in [5, 5.41) is 0. The third-order valence-corrected chi connectivity index (χ3v) is 3.21. The Balaban J connectivity index is 2.65. The van der Waals surface area contributed by atoms with Crippen LogP contribution in [0.4, 0.5) is 4.39 Å². The monoisotopic (exact) mass is 260 g/mol. The zero-order chi connectivity index (χ0) is 14.2. The van der Waals surface area contributed by atoms with E-state index in [-0.39, 0.29) is 11.9 Å². The van der Waals surface area contributed by atoms with Gasteiger partial charge in [0.05, 0.1) is 5.56 Å². The molecule has 1 aromatic carbocycles. The van der Waals surface area contributed by atoms with Crippen molar-refractivity contribution >= 4 is 5.91 Å². The molecule has 0 spiro atoms. The number of nitrogens with zero attached hydrogens (tertiary/aromatic N) is 1. The summed E-state index contributed by atoms with van der Waals surface area (Å²) in [6.45, 7) is 5.93. The first-order chi connectivity index (χ1) is 8.91. The Hall–Kier alpha value is -2.10. The molecule has 100 valence electrons. The van der Waals surface area contributed by atoms with E-state index >= 15 is 0 Å². The van der Waals surface area contributed by atoms with Crippen LogP contribution in [0.3, 0.4) is 0 Å². The van der Waals surface area contributed by atoms with Crippen molar-refractivity contribution in [3.63, 3.8) is 0 Å². The largest absolute Gasteiger partial charge is 0.366 e. The molecule has 0 radical (unpaired) electrons. The van der Waals surface area contributed by atoms with E-state index in [1.807, 2.05) is 25.3 Å². The molecule has 2 N–H and O–H groups in total. The fraction of sp³-hybridized carbons (Fsp3) is 0.267. The van der Waals surface area contributed by atoms with Gasteiger partial charge in [0.15, 0.2) is 0 Å². The average Bonchev–Trinajstić information content (AvgIpc) is 2.68. The number of hydrogen-bond donors (Lipinski definition) is 1. The first kappa shape index (κ1) is 13.3. The molecular weight excluding hydrogens is 243 g/mol. The Bertz CT molecular complexity index is 612. The highest BCUT2D eigenvalue weighted by Crippen LogP contribution is 2.29. The summed E-state index contributed by atoms with van der Waals surface area (Å²) < 4.78 is 15.0. The van der Waals surface area contributed by atoms with Crippen LogP contribution >= 0.6 is 0 Å². The van der Waals surface area contributed by atoms with Crippen LogP contribution in [-0.4, -0.2) is 10.5 Å². The number of carbonyl (C=O) groups excluding carboxylic acids is 1. The minimum Gasteiger partial charge on any atom is -0.366 e. The van der Waals surface area contributed by atoms with Crippen molar-refractivity contribution in [1.29, 1.82) is 0 Å². The molecule has 19 heavy (non-hydrogen) atoms. The predicted molar refractivity (Wildman–Crippen MR) is 73.5 cm³/mol. The molecule has 3 nitrogen and oxygen atoms in total. The molecule has 2 aromatic rings. The van der Waals surface area contributed by atoms with Gasteiger partial charge in [-0.05, 0) is 56.7 Å². The average molecular weight is 260 g/mol. The first-order valence-electron chi connectivity index (χ1n) is 6.19. The fourth-order valence-electron chi connectivity index (χ4n) is 2.38. The molecule has 0 aliphatic heterocycles. The summed E-state index contributed by atoms with van der Waals surface area (Å²) >= 11 is 0. The van der Waals surface area contributed by atoms with Crippen molar-refractivity contribution in [3.8, 4) is 11.3 Å². The van der Waals surface area contributed by atoms with E-state index in [1.165, 1.54) is 12.1 Å². The Labute approximate surface area is 111 Å². The summed E-state index contributed by atoms with van der Waals surface area (Å²) in [5.41, 5.74) is 8.47. The van der Waals surface area contributed by atoms with Crippen LogP contribution in [0.2, 0.25) is 0 Å². The molecular formula is C15H17FN2O. The minimum atomic E-state index is -0.444. The molecule has 0 aliphatic rings. The van der Waals surface area contributed by atoms with Gasteiger partial charge in [-0.1, -0.05) is 0 Å². The molecule has 0 saturated carbocycles. The van der Waals surface area contributed by atoms with Crippen LogP contribution < -0.4 is 5.73 Å². The van der Waals surface area contributed by atoms with Crippen molar-refractivity contribution in [2.75, 3.05) is 0 Å².